The summed E-state index contributed by atoms with van der Waals surface area (Å²) in [6.07, 6.45) is 1.33. The van der Waals surface area contributed by atoms with Crippen molar-refractivity contribution in [1.29, 1.82) is 0 Å². The van der Waals surface area contributed by atoms with E-state index in [4.69, 9.17) is 10.2 Å². The molecule has 74 valence electrons. The second kappa shape index (κ2) is 4.19. The molecular formula is C7H11NO3S2. The molecule has 3 N–H and O–H groups in total. The number of hydrogen-bond donors (Lipinski definition) is 2. The predicted molar refractivity (Wildman–Crippen MR) is 51.1 cm³/mol. The van der Waals surface area contributed by atoms with Crippen LogP contribution >= 0.6 is 11.3 Å². The lowest BCUT2D eigenvalue weighted by Crippen LogP contribution is -2.09. The third-order valence-electron chi connectivity index (χ3n) is 1.50. The summed E-state index contributed by atoms with van der Waals surface area (Å²) < 4.78 is 21.9. The van der Waals surface area contributed by atoms with Gasteiger partial charge in [-0.1, -0.05) is 0 Å². The topological polar surface area (TPSA) is 80.4 Å². The van der Waals surface area contributed by atoms with Crippen LogP contribution in [0.5, 0.6) is 0 Å². The number of aliphatic hydroxyl groups is 1. The Bertz CT molecular complexity index is 369. The Hall–Kier alpha value is -0.430. The summed E-state index contributed by atoms with van der Waals surface area (Å²) >= 11 is 1.16. The van der Waals surface area contributed by atoms with Gasteiger partial charge in [0.25, 0.3) is 0 Å². The van der Waals surface area contributed by atoms with Crippen LogP contribution in [0, 0.1) is 0 Å². The van der Waals surface area contributed by atoms with Gasteiger partial charge in [0.2, 0.25) is 10.0 Å². The van der Waals surface area contributed by atoms with E-state index >= 15 is 0 Å². The van der Waals surface area contributed by atoms with Gasteiger partial charge in [-0.15, -0.1) is 11.3 Å². The minimum atomic E-state index is -3.55. The van der Waals surface area contributed by atoms with Gasteiger partial charge in [0.15, 0.2) is 0 Å². The molecule has 0 bridgehead atoms. The van der Waals surface area contributed by atoms with Crippen LogP contribution in [0.15, 0.2) is 16.3 Å². The lowest BCUT2D eigenvalue weighted by molar-refractivity contribution is 0.289. The van der Waals surface area contributed by atoms with Crippen molar-refractivity contribution in [3.05, 3.63) is 17.0 Å². The molecule has 0 aliphatic carbocycles. The van der Waals surface area contributed by atoms with Gasteiger partial charge >= 0.3 is 0 Å². The zero-order chi connectivity index (χ0) is 9.90. The van der Waals surface area contributed by atoms with Crippen molar-refractivity contribution in [3.63, 3.8) is 0 Å². The van der Waals surface area contributed by atoms with E-state index in [0.717, 1.165) is 16.2 Å². The van der Waals surface area contributed by atoms with Crippen LogP contribution in [0.2, 0.25) is 0 Å². The maximum atomic E-state index is 10.9. The molecule has 6 heteroatoms. The van der Waals surface area contributed by atoms with Crippen molar-refractivity contribution in [2.24, 2.45) is 5.14 Å². The van der Waals surface area contributed by atoms with Gasteiger partial charge in [-0.3, -0.25) is 0 Å². The fourth-order valence-electron chi connectivity index (χ4n) is 0.899. The largest absolute Gasteiger partial charge is 0.396 e. The normalized spacial score (nSPS) is 11.8. The lowest BCUT2D eigenvalue weighted by atomic mass is 10.3. The SMILES string of the molecule is NS(=O)(=O)c1ccc(CCCO)s1. The molecule has 0 fully saturated rings. The van der Waals surface area contributed by atoms with Crippen molar-refractivity contribution < 1.29 is 13.5 Å². The summed E-state index contributed by atoms with van der Waals surface area (Å²) in [5.74, 6) is 0. The maximum Gasteiger partial charge on any atom is 0.247 e. The van der Waals surface area contributed by atoms with Crippen molar-refractivity contribution in [1.82, 2.24) is 0 Å². The average molecular weight is 221 g/mol. The third-order valence-corrected chi connectivity index (χ3v) is 4.08. The number of rotatable bonds is 4. The molecule has 0 aliphatic rings. The van der Waals surface area contributed by atoms with Crippen molar-refractivity contribution in [2.75, 3.05) is 6.61 Å². The molecular weight excluding hydrogens is 210 g/mol. The number of aliphatic hydroxyl groups excluding tert-OH is 1. The minimum absolute atomic E-state index is 0.114. The Morgan fingerprint density at radius 3 is 2.62 bits per heavy atom. The molecule has 1 heterocycles. The van der Waals surface area contributed by atoms with E-state index in [1.165, 1.54) is 6.07 Å². The molecule has 0 aliphatic heterocycles. The third kappa shape index (κ3) is 3.07. The van der Waals surface area contributed by atoms with E-state index in [-0.39, 0.29) is 10.8 Å². The quantitative estimate of drug-likeness (QED) is 0.768. The molecule has 1 rings (SSSR count). The van der Waals surface area contributed by atoms with Gasteiger partial charge < -0.3 is 5.11 Å². The van der Waals surface area contributed by atoms with Crippen LogP contribution in [0.1, 0.15) is 11.3 Å². The summed E-state index contributed by atoms with van der Waals surface area (Å²) in [4.78, 5) is 0.929. The van der Waals surface area contributed by atoms with Crippen molar-refractivity contribution in [3.8, 4) is 0 Å². The van der Waals surface area contributed by atoms with E-state index in [1.54, 1.807) is 6.07 Å². The summed E-state index contributed by atoms with van der Waals surface area (Å²) in [6.45, 7) is 0.114. The highest BCUT2D eigenvalue weighted by molar-refractivity contribution is 7.91. The number of sulfonamides is 1. The highest BCUT2D eigenvalue weighted by Gasteiger charge is 2.10. The van der Waals surface area contributed by atoms with Gasteiger partial charge in [0.1, 0.15) is 4.21 Å². The van der Waals surface area contributed by atoms with E-state index in [1.807, 2.05) is 0 Å². The Labute approximate surface area is 81.1 Å². The number of nitrogens with two attached hydrogens (primary N) is 1. The van der Waals surface area contributed by atoms with Crippen LogP contribution in [0.3, 0.4) is 0 Å². The molecule has 0 aromatic carbocycles. The standard InChI is InChI=1S/C7H11NO3S2/c8-13(10,11)7-4-3-6(12-7)2-1-5-9/h3-4,9H,1-2,5H2,(H2,8,10,11). The first-order valence-electron chi connectivity index (χ1n) is 3.76. The summed E-state index contributed by atoms with van der Waals surface area (Å²) in [7, 11) is -3.55. The fraction of sp³-hybridized carbons (Fsp3) is 0.429. The van der Waals surface area contributed by atoms with E-state index in [9.17, 15) is 8.42 Å². The molecule has 0 saturated heterocycles. The lowest BCUT2D eigenvalue weighted by Gasteiger charge is -1.92. The van der Waals surface area contributed by atoms with E-state index in [0.29, 0.717) is 12.8 Å². The van der Waals surface area contributed by atoms with Crippen LogP contribution in [0.25, 0.3) is 0 Å². The van der Waals surface area contributed by atoms with Gasteiger partial charge in [-0.25, -0.2) is 13.6 Å². The smallest absolute Gasteiger partial charge is 0.247 e. The highest BCUT2D eigenvalue weighted by atomic mass is 32.2. The molecule has 0 atom stereocenters. The van der Waals surface area contributed by atoms with E-state index < -0.39 is 10.0 Å². The highest BCUT2D eigenvalue weighted by Crippen LogP contribution is 2.21. The monoisotopic (exact) mass is 221 g/mol. The maximum absolute atomic E-state index is 10.9. The van der Waals surface area contributed by atoms with Crippen LogP contribution < -0.4 is 5.14 Å². The molecule has 0 amide bonds. The zero-order valence-electron chi connectivity index (χ0n) is 6.93. The van der Waals surface area contributed by atoms with E-state index in [2.05, 4.69) is 0 Å². The Balaban J connectivity index is 2.76. The molecule has 0 unspecified atom stereocenters. The number of aryl methyl sites for hydroxylation is 1. The first kappa shape index (κ1) is 10.6. The molecule has 1 aromatic rings. The van der Waals surface area contributed by atoms with Crippen molar-refractivity contribution >= 4 is 21.4 Å². The summed E-state index contributed by atoms with van der Waals surface area (Å²) in [5, 5.41) is 13.5. The Morgan fingerprint density at radius 2 is 2.15 bits per heavy atom. The molecule has 0 saturated carbocycles. The first-order valence-corrected chi connectivity index (χ1v) is 6.12. The molecule has 0 radical (unpaired) electrons. The summed E-state index contributed by atoms with van der Waals surface area (Å²) in [6, 6.07) is 3.22. The first-order chi connectivity index (χ1) is 6.04. The number of hydrogen-bond acceptors (Lipinski definition) is 4. The van der Waals surface area contributed by atoms with Crippen LogP contribution in [0.4, 0.5) is 0 Å². The second-order valence-corrected chi connectivity index (χ2v) is 5.55. The fourth-order valence-corrected chi connectivity index (χ4v) is 2.72. The van der Waals surface area contributed by atoms with Crippen LogP contribution in [-0.2, 0) is 16.4 Å². The molecule has 1 aromatic heterocycles. The minimum Gasteiger partial charge on any atom is -0.396 e. The average Bonchev–Trinajstić information content (AvgIpc) is 2.47. The molecule has 13 heavy (non-hydrogen) atoms. The zero-order valence-corrected chi connectivity index (χ0v) is 8.57. The summed E-state index contributed by atoms with van der Waals surface area (Å²) in [5.41, 5.74) is 0. The number of primary sulfonamides is 1. The van der Waals surface area contributed by atoms with Crippen molar-refractivity contribution in [2.45, 2.75) is 17.1 Å². The predicted octanol–water partition coefficient (Wildman–Crippen LogP) is 0.320. The second-order valence-electron chi connectivity index (χ2n) is 2.59. The van der Waals surface area contributed by atoms with Gasteiger partial charge in [0, 0.05) is 11.5 Å². The van der Waals surface area contributed by atoms with Gasteiger partial charge in [0.05, 0.1) is 0 Å². The van der Waals surface area contributed by atoms with Crippen LogP contribution in [-0.4, -0.2) is 20.1 Å². The number of thiophene rings is 1. The van der Waals surface area contributed by atoms with Gasteiger partial charge in [-0.2, -0.15) is 0 Å². The Kier molecular flexibility index (Phi) is 3.43. The Morgan fingerprint density at radius 1 is 1.46 bits per heavy atom. The molecule has 4 nitrogen and oxygen atoms in total. The molecule has 0 spiro atoms. The van der Waals surface area contributed by atoms with Gasteiger partial charge in [-0.05, 0) is 25.0 Å².